The lowest BCUT2D eigenvalue weighted by Gasteiger charge is -2.37. The second kappa shape index (κ2) is 7.22. The van der Waals surface area contributed by atoms with Crippen molar-refractivity contribution in [1.82, 2.24) is 9.80 Å². The number of hydrogen-bond acceptors (Lipinski definition) is 2. The Labute approximate surface area is 149 Å². The second-order valence-corrected chi connectivity index (χ2v) is 6.21. The fourth-order valence-corrected chi connectivity index (χ4v) is 2.68. The standard InChI is InChI=1S/C15H14ClF7N2O/c16-11-4-2-1-3-10(11)9-24-5-7-25(8-6-24)12(26)13(17,18)14(19,20)15(21,22)23/h1-4H,5-9H2. The summed E-state index contributed by atoms with van der Waals surface area (Å²) >= 11 is 6.00. The molecule has 26 heavy (non-hydrogen) atoms. The zero-order valence-corrected chi connectivity index (χ0v) is 13.9. The Bertz CT molecular complexity index is 658. The Balaban J connectivity index is 2.01. The molecule has 0 spiro atoms. The van der Waals surface area contributed by atoms with E-state index in [0.29, 0.717) is 16.5 Å². The highest BCUT2D eigenvalue weighted by atomic mass is 35.5. The van der Waals surface area contributed by atoms with Gasteiger partial charge < -0.3 is 4.90 Å². The van der Waals surface area contributed by atoms with Crippen LogP contribution in [0.25, 0.3) is 0 Å². The van der Waals surface area contributed by atoms with Crippen molar-refractivity contribution >= 4 is 17.5 Å². The predicted molar refractivity (Wildman–Crippen MR) is 79.3 cm³/mol. The third kappa shape index (κ3) is 3.90. The molecule has 11 heteroatoms. The van der Waals surface area contributed by atoms with Crippen molar-refractivity contribution in [1.29, 1.82) is 0 Å². The highest BCUT2D eigenvalue weighted by Gasteiger charge is 2.76. The molecule has 1 aromatic rings. The molecule has 1 aromatic carbocycles. The Morgan fingerprint density at radius 2 is 1.50 bits per heavy atom. The molecular weight excluding hydrogens is 393 g/mol. The van der Waals surface area contributed by atoms with Crippen molar-refractivity contribution in [2.75, 3.05) is 26.2 Å². The second-order valence-electron chi connectivity index (χ2n) is 5.81. The first-order valence-electron chi connectivity index (χ1n) is 7.45. The highest BCUT2D eigenvalue weighted by molar-refractivity contribution is 6.31. The minimum atomic E-state index is -6.53. The van der Waals surface area contributed by atoms with Gasteiger partial charge in [-0.25, -0.2) is 0 Å². The number of alkyl halides is 7. The molecule has 1 aliphatic heterocycles. The zero-order chi connectivity index (χ0) is 19.8. The van der Waals surface area contributed by atoms with Crippen LogP contribution in [-0.4, -0.2) is 59.9 Å². The number of carbonyl (C=O) groups is 1. The van der Waals surface area contributed by atoms with E-state index in [2.05, 4.69) is 0 Å². The number of nitrogens with zero attached hydrogens (tertiary/aromatic N) is 2. The summed E-state index contributed by atoms with van der Waals surface area (Å²) in [5.41, 5.74) is 0.739. The van der Waals surface area contributed by atoms with Crippen LogP contribution in [0.4, 0.5) is 30.7 Å². The summed E-state index contributed by atoms with van der Waals surface area (Å²) in [6.07, 6.45) is -6.53. The minimum absolute atomic E-state index is 0.0324. The quantitative estimate of drug-likeness (QED) is 0.710. The molecule has 0 aliphatic carbocycles. The fourth-order valence-electron chi connectivity index (χ4n) is 2.49. The number of halogens is 8. The third-order valence-electron chi connectivity index (χ3n) is 4.03. The van der Waals surface area contributed by atoms with Crippen LogP contribution in [0.5, 0.6) is 0 Å². The molecule has 1 amide bonds. The molecule has 0 bridgehead atoms. The van der Waals surface area contributed by atoms with Crippen LogP contribution in [0.1, 0.15) is 5.56 Å². The Kier molecular flexibility index (Phi) is 5.77. The van der Waals surface area contributed by atoms with Crippen molar-refractivity contribution in [2.24, 2.45) is 0 Å². The zero-order valence-electron chi connectivity index (χ0n) is 13.2. The number of carbonyl (C=O) groups excluding carboxylic acids is 1. The maximum Gasteiger partial charge on any atom is 0.460 e. The normalized spacial score (nSPS) is 17.5. The maximum atomic E-state index is 13.5. The Morgan fingerprint density at radius 1 is 0.962 bits per heavy atom. The van der Waals surface area contributed by atoms with Crippen molar-refractivity contribution in [3.05, 3.63) is 34.9 Å². The molecule has 1 fully saturated rings. The van der Waals surface area contributed by atoms with E-state index in [0.717, 1.165) is 5.56 Å². The molecule has 0 atom stereocenters. The summed E-state index contributed by atoms with van der Waals surface area (Å²) in [5, 5.41) is 0.474. The van der Waals surface area contributed by atoms with Crippen LogP contribution in [-0.2, 0) is 11.3 Å². The topological polar surface area (TPSA) is 23.6 Å². The van der Waals surface area contributed by atoms with E-state index in [1.54, 1.807) is 29.2 Å². The molecule has 146 valence electrons. The van der Waals surface area contributed by atoms with Crippen LogP contribution < -0.4 is 0 Å². The van der Waals surface area contributed by atoms with E-state index in [4.69, 9.17) is 11.6 Å². The molecule has 1 aliphatic rings. The predicted octanol–water partition coefficient (Wildman–Crippen LogP) is 3.82. The molecule has 3 nitrogen and oxygen atoms in total. The van der Waals surface area contributed by atoms with Gasteiger partial charge in [0.15, 0.2) is 0 Å². The van der Waals surface area contributed by atoms with Crippen molar-refractivity contribution in [3.8, 4) is 0 Å². The van der Waals surface area contributed by atoms with Gasteiger partial charge >= 0.3 is 18.0 Å². The third-order valence-corrected chi connectivity index (χ3v) is 4.40. The van der Waals surface area contributed by atoms with Gasteiger partial charge in [-0.1, -0.05) is 29.8 Å². The van der Waals surface area contributed by atoms with E-state index in [1.165, 1.54) is 0 Å². The molecular formula is C15H14ClF7N2O. The first-order valence-corrected chi connectivity index (χ1v) is 7.83. The molecule has 0 N–H and O–H groups in total. The molecule has 0 radical (unpaired) electrons. The fraction of sp³-hybridized carbons (Fsp3) is 0.533. The Hall–Kier alpha value is -1.55. The van der Waals surface area contributed by atoms with Crippen molar-refractivity contribution in [2.45, 2.75) is 24.6 Å². The molecule has 0 saturated carbocycles. The lowest BCUT2D eigenvalue weighted by atomic mass is 10.1. The Morgan fingerprint density at radius 3 is 2.00 bits per heavy atom. The van der Waals surface area contributed by atoms with E-state index in [1.807, 2.05) is 0 Å². The van der Waals surface area contributed by atoms with Crippen LogP contribution in [0.2, 0.25) is 5.02 Å². The molecule has 0 unspecified atom stereocenters. The van der Waals surface area contributed by atoms with E-state index >= 15 is 0 Å². The summed E-state index contributed by atoms with van der Waals surface area (Å²) in [5.74, 6) is -14.8. The van der Waals surface area contributed by atoms with Gasteiger partial charge in [0.05, 0.1) is 0 Å². The lowest BCUT2D eigenvalue weighted by Crippen LogP contribution is -2.62. The average Bonchev–Trinajstić information content (AvgIpc) is 2.56. The van der Waals surface area contributed by atoms with E-state index in [-0.39, 0.29) is 13.1 Å². The summed E-state index contributed by atoms with van der Waals surface area (Å²) in [6.45, 7) is -0.397. The summed E-state index contributed by atoms with van der Waals surface area (Å²) in [7, 11) is 0. The smallest absolute Gasteiger partial charge is 0.335 e. The lowest BCUT2D eigenvalue weighted by molar-refractivity contribution is -0.346. The van der Waals surface area contributed by atoms with Crippen LogP contribution in [0.15, 0.2) is 24.3 Å². The number of piperazine rings is 1. The van der Waals surface area contributed by atoms with E-state index < -0.39 is 37.0 Å². The molecule has 0 aromatic heterocycles. The van der Waals surface area contributed by atoms with Gasteiger partial charge in [-0.3, -0.25) is 9.69 Å². The van der Waals surface area contributed by atoms with Gasteiger partial charge in [0.25, 0.3) is 5.91 Å². The number of amides is 1. The van der Waals surface area contributed by atoms with Gasteiger partial charge in [-0.15, -0.1) is 0 Å². The number of benzene rings is 1. The van der Waals surface area contributed by atoms with Crippen molar-refractivity contribution in [3.63, 3.8) is 0 Å². The highest BCUT2D eigenvalue weighted by Crippen LogP contribution is 2.47. The van der Waals surface area contributed by atoms with Gasteiger partial charge in [-0.05, 0) is 11.6 Å². The summed E-state index contributed by atoms with van der Waals surface area (Å²) in [4.78, 5) is 13.6. The van der Waals surface area contributed by atoms with Gasteiger partial charge in [0, 0.05) is 37.7 Å². The maximum absolute atomic E-state index is 13.5. The van der Waals surface area contributed by atoms with Gasteiger partial charge in [-0.2, -0.15) is 30.7 Å². The molecule has 2 rings (SSSR count). The average molecular weight is 407 g/mol. The molecule has 1 saturated heterocycles. The van der Waals surface area contributed by atoms with Crippen LogP contribution in [0, 0.1) is 0 Å². The molecule has 1 heterocycles. The summed E-state index contributed by atoms with van der Waals surface area (Å²) in [6, 6.07) is 6.83. The van der Waals surface area contributed by atoms with Crippen LogP contribution >= 0.6 is 11.6 Å². The summed E-state index contributed by atoms with van der Waals surface area (Å²) < 4.78 is 89.4. The first kappa shape index (κ1) is 20.8. The monoisotopic (exact) mass is 406 g/mol. The van der Waals surface area contributed by atoms with Gasteiger partial charge in [0.2, 0.25) is 0 Å². The minimum Gasteiger partial charge on any atom is -0.335 e. The first-order chi connectivity index (χ1) is 11.9. The number of hydrogen-bond donors (Lipinski definition) is 0. The van der Waals surface area contributed by atoms with E-state index in [9.17, 15) is 35.5 Å². The van der Waals surface area contributed by atoms with Crippen molar-refractivity contribution < 1.29 is 35.5 Å². The largest absolute Gasteiger partial charge is 0.460 e. The SMILES string of the molecule is O=C(N1CCN(Cc2ccccc2Cl)CC1)C(F)(F)C(F)(F)C(F)(F)F. The number of rotatable bonds is 4. The van der Waals surface area contributed by atoms with Crippen LogP contribution in [0.3, 0.4) is 0 Å². The van der Waals surface area contributed by atoms with Gasteiger partial charge in [0.1, 0.15) is 0 Å².